The van der Waals surface area contributed by atoms with Crippen LogP contribution >= 0.6 is 0 Å². The number of hydrogen-bond donors (Lipinski definition) is 1. The second-order valence-corrected chi connectivity index (χ2v) is 6.18. The molecule has 2 aromatic rings. The van der Waals surface area contributed by atoms with Gasteiger partial charge in [-0.3, -0.25) is 9.48 Å². The Kier molecular flexibility index (Phi) is 7.75. The van der Waals surface area contributed by atoms with E-state index in [0.29, 0.717) is 18.8 Å². The lowest BCUT2D eigenvalue weighted by Gasteiger charge is -2.09. The first-order valence-corrected chi connectivity index (χ1v) is 9.06. The summed E-state index contributed by atoms with van der Waals surface area (Å²) in [5.41, 5.74) is 2.38. The molecule has 26 heavy (non-hydrogen) atoms. The van der Waals surface area contributed by atoms with Crippen LogP contribution in [0.15, 0.2) is 30.3 Å². The number of carbonyl (C=O) groups excluding carboxylic acids is 1. The Labute approximate surface area is 155 Å². The largest absolute Gasteiger partial charge is 0.494 e. The van der Waals surface area contributed by atoms with Gasteiger partial charge < -0.3 is 10.1 Å². The molecule has 0 saturated carbocycles. The van der Waals surface area contributed by atoms with E-state index >= 15 is 0 Å². The molecule has 0 radical (unpaired) electrons. The van der Waals surface area contributed by atoms with Gasteiger partial charge in [0.1, 0.15) is 11.4 Å². The summed E-state index contributed by atoms with van der Waals surface area (Å²) >= 11 is 0. The molecule has 0 atom stereocenters. The molecular weight excluding hydrogens is 326 g/mol. The van der Waals surface area contributed by atoms with E-state index in [9.17, 15) is 4.79 Å². The van der Waals surface area contributed by atoms with Crippen molar-refractivity contribution in [3.8, 4) is 17.6 Å². The molecule has 1 N–H and O–H groups in total. The third-order valence-corrected chi connectivity index (χ3v) is 3.80. The van der Waals surface area contributed by atoms with Crippen LogP contribution in [0.5, 0.6) is 5.75 Å². The maximum Gasteiger partial charge on any atom is 0.269 e. The Balaban J connectivity index is 1.79. The van der Waals surface area contributed by atoms with Gasteiger partial charge in [0.05, 0.1) is 12.3 Å². The van der Waals surface area contributed by atoms with E-state index in [2.05, 4.69) is 29.2 Å². The third kappa shape index (κ3) is 6.29. The summed E-state index contributed by atoms with van der Waals surface area (Å²) in [7, 11) is 1.77. The molecule has 0 aliphatic rings. The van der Waals surface area contributed by atoms with Crippen molar-refractivity contribution in [1.29, 1.82) is 0 Å². The Morgan fingerprint density at radius 3 is 2.81 bits per heavy atom. The number of hydrogen-bond acceptors (Lipinski definition) is 3. The van der Waals surface area contributed by atoms with Crippen LogP contribution in [0.4, 0.5) is 0 Å². The Morgan fingerprint density at radius 2 is 2.08 bits per heavy atom. The lowest BCUT2D eigenvalue weighted by molar-refractivity contribution is 0.0941. The fraction of sp³-hybridized carbons (Fsp3) is 0.429. The van der Waals surface area contributed by atoms with Crippen LogP contribution in [0.3, 0.4) is 0 Å². The number of aryl methyl sites for hydroxylation is 2. The first kappa shape index (κ1) is 19.6. The van der Waals surface area contributed by atoms with Gasteiger partial charge in [0, 0.05) is 26.4 Å². The molecule has 0 aliphatic carbocycles. The normalized spacial score (nSPS) is 10.1. The number of rotatable bonds is 8. The van der Waals surface area contributed by atoms with Crippen LogP contribution in [-0.2, 0) is 13.6 Å². The summed E-state index contributed by atoms with van der Waals surface area (Å²) in [6.45, 7) is 5.09. The third-order valence-electron chi connectivity index (χ3n) is 3.80. The van der Waals surface area contributed by atoms with E-state index in [4.69, 9.17) is 4.74 Å². The van der Waals surface area contributed by atoms with Crippen LogP contribution in [0, 0.1) is 18.8 Å². The quantitative estimate of drug-likeness (QED) is 0.582. The minimum atomic E-state index is -0.134. The zero-order valence-corrected chi connectivity index (χ0v) is 15.8. The topological polar surface area (TPSA) is 56.1 Å². The molecule has 138 valence electrons. The highest BCUT2D eigenvalue weighted by Crippen LogP contribution is 2.14. The van der Waals surface area contributed by atoms with Gasteiger partial charge in [-0.05, 0) is 43.5 Å². The van der Waals surface area contributed by atoms with E-state index in [1.165, 1.54) is 0 Å². The molecule has 1 amide bonds. The highest BCUT2D eigenvalue weighted by atomic mass is 16.5. The van der Waals surface area contributed by atoms with E-state index < -0.39 is 0 Å². The standard InChI is InChI=1S/C21H27N3O2/c1-4-5-6-7-8-9-13-26-19-12-10-11-18(15-19)16-22-21(25)20-14-17(2)23-24(20)3/h10-12,14-15H,4-5,8-9,13,16H2,1-3H3,(H,22,25). The van der Waals surface area contributed by atoms with Crippen molar-refractivity contribution >= 4 is 5.91 Å². The summed E-state index contributed by atoms with van der Waals surface area (Å²) < 4.78 is 7.36. The van der Waals surface area contributed by atoms with Gasteiger partial charge in [0.25, 0.3) is 5.91 Å². The molecule has 0 spiro atoms. The number of nitrogens with zero attached hydrogens (tertiary/aromatic N) is 2. The molecular formula is C21H27N3O2. The van der Waals surface area contributed by atoms with Crippen LogP contribution in [0.1, 0.15) is 54.4 Å². The molecule has 0 aliphatic heterocycles. The Bertz CT molecular complexity index is 784. The second kappa shape index (κ2) is 10.3. The average Bonchev–Trinajstić information content (AvgIpc) is 2.97. The van der Waals surface area contributed by atoms with Crippen LogP contribution < -0.4 is 10.1 Å². The van der Waals surface area contributed by atoms with Crippen LogP contribution in [0.2, 0.25) is 0 Å². The highest BCUT2D eigenvalue weighted by Gasteiger charge is 2.11. The highest BCUT2D eigenvalue weighted by molar-refractivity contribution is 5.92. The lowest BCUT2D eigenvalue weighted by atomic mass is 10.2. The fourth-order valence-electron chi connectivity index (χ4n) is 2.49. The van der Waals surface area contributed by atoms with Gasteiger partial charge >= 0.3 is 0 Å². The Morgan fingerprint density at radius 1 is 1.27 bits per heavy atom. The molecule has 5 nitrogen and oxygen atoms in total. The molecule has 1 aromatic heterocycles. The van der Waals surface area contributed by atoms with Crippen molar-refractivity contribution in [3.05, 3.63) is 47.3 Å². The number of carbonyl (C=O) groups is 1. The van der Waals surface area contributed by atoms with Crippen molar-refractivity contribution in [2.75, 3.05) is 6.61 Å². The first-order valence-electron chi connectivity index (χ1n) is 9.06. The van der Waals surface area contributed by atoms with E-state index in [1.54, 1.807) is 17.8 Å². The van der Waals surface area contributed by atoms with Crippen LogP contribution in [-0.4, -0.2) is 22.3 Å². The van der Waals surface area contributed by atoms with Crippen molar-refractivity contribution in [3.63, 3.8) is 0 Å². The molecule has 0 unspecified atom stereocenters. The smallest absolute Gasteiger partial charge is 0.269 e. The first-order chi connectivity index (χ1) is 12.6. The number of ether oxygens (including phenoxy) is 1. The van der Waals surface area contributed by atoms with Crippen molar-refractivity contribution in [2.45, 2.75) is 46.1 Å². The van der Waals surface area contributed by atoms with Crippen molar-refractivity contribution in [1.82, 2.24) is 15.1 Å². The maximum absolute atomic E-state index is 12.2. The molecule has 5 heteroatoms. The summed E-state index contributed by atoms with van der Waals surface area (Å²) in [5.74, 6) is 6.97. The molecule has 0 fully saturated rings. The minimum Gasteiger partial charge on any atom is -0.494 e. The van der Waals surface area contributed by atoms with E-state index in [1.807, 2.05) is 31.2 Å². The maximum atomic E-state index is 12.2. The number of unbranched alkanes of at least 4 members (excludes halogenated alkanes) is 2. The summed E-state index contributed by atoms with van der Waals surface area (Å²) in [5, 5.41) is 7.11. The Hall–Kier alpha value is -2.74. The van der Waals surface area contributed by atoms with Gasteiger partial charge in [0.2, 0.25) is 0 Å². The zero-order chi connectivity index (χ0) is 18.8. The van der Waals surface area contributed by atoms with Crippen LogP contribution in [0.25, 0.3) is 0 Å². The zero-order valence-electron chi connectivity index (χ0n) is 15.8. The van der Waals surface area contributed by atoms with Gasteiger partial charge in [-0.2, -0.15) is 5.10 Å². The summed E-state index contributed by atoms with van der Waals surface area (Å²) in [4.78, 5) is 12.2. The number of nitrogens with one attached hydrogen (secondary N) is 1. The van der Waals surface area contributed by atoms with E-state index in [-0.39, 0.29) is 5.91 Å². The molecule has 0 saturated heterocycles. The number of aromatic nitrogens is 2. The minimum absolute atomic E-state index is 0.134. The van der Waals surface area contributed by atoms with Gasteiger partial charge in [0.15, 0.2) is 0 Å². The predicted molar refractivity (Wildman–Crippen MR) is 103 cm³/mol. The molecule has 0 bridgehead atoms. The summed E-state index contributed by atoms with van der Waals surface area (Å²) in [6.07, 6.45) is 3.84. The van der Waals surface area contributed by atoms with E-state index in [0.717, 1.165) is 42.7 Å². The fourth-order valence-corrected chi connectivity index (χ4v) is 2.49. The van der Waals surface area contributed by atoms with Gasteiger partial charge in [-0.15, -0.1) is 11.8 Å². The molecule has 1 heterocycles. The van der Waals surface area contributed by atoms with Crippen molar-refractivity contribution in [2.24, 2.45) is 7.05 Å². The average molecular weight is 353 g/mol. The second-order valence-electron chi connectivity index (χ2n) is 6.18. The van der Waals surface area contributed by atoms with Crippen molar-refractivity contribution < 1.29 is 9.53 Å². The summed E-state index contributed by atoms with van der Waals surface area (Å²) in [6, 6.07) is 9.57. The number of benzene rings is 1. The van der Waals surface area contributed by atoms with Gasteiger partial charge in [-0.1, -0.05) is 19.1 Å². The SMILES string of the molecule is CCCC#CCCCOc1cccc(CNC(=O)c2cc(C)nn2C)c1. The monoisotopic (exact) mass is 353 g/mol. The predicted octanol–water partition coefficient (Wildman–Crippen LogP) is 3.62. The molecule has 1 aromatic carbocycles. The lowest BCUT2D eigenvalue weighted by Crippen LogP contribution is -2.25. The molecule has 2 rings (SSSR count). The number of amides is 1. The van der Waals surface area contributed by atoms with Gasteiger partial charge in [-0.25, -0.2) is 0 Å².